The topological polar surface area (TPSA) is 108 Å². The largest absolute Gasteiger partial charge is 0.481 e. The molecule has 0 radical (unpaired) electrons. The van der Waals surface area contributed by atoms with Crippen LogP contribution in [-0.4, -0.2) is 56.3 Å². The molecule has 3 aliphatic carbocycles. The average molecular weight is 576 g/mol. The molecule has 1 saturated heterocycles. The number of carbonyl (C=O) groups excluding carboxylic acids is 1. The maximum absolute atomic E-state index is 14.0. The summed E-state index contributed by atoms with van der Waals surface area (Å²) < 4.78 is 13.4. The van der Waals surface area contributed by atoms with Crippen molar-refractivity contribution in [1.82, 2.24) is 21.3 Å². The fourth-order valence-electron chi connectivity index (χ4n) is 7.71. The van der Waals surface area contributed by atoms with E-state index >= 15 is 0 Å². The van der Waals surface area contributed by atoms with Gasteiger partial charge in [-0.1, -0.05) is 70.2 Å². The number of guanidine groups is 1. The Bertz CT molecular complexity index is 1270. The molecule has 3 saturated carbocycles. The Hall–Kier alpha value is -2.62. The molecule has 0 spiro atoms. The lowest BCUT2D eigenvalue weighted by molar-refractivity contribution is -0.199. The lowest BCUT2D eigenvalue weighted by Crippen LogP contribution is -2.65. The number of nitrogens with one attached hydrogen (secondary N) is 5. The zero-order valence-electron chi connectivity index (χ0n) is 26.3. The summed E-state index contributed by atoms with van der Waals surface area (Å²) in [5.41, 5.74) is 1.13. The molecule has 0 aromatic heterocycles. The zero-order chi connectivity index (χ0) is 30.1. The second kappa shape index (κ2) is 12.5. The van der Waals surface area contributed by atoms with Crippen LogP contribution in [0.4, 0.5) is 0 Å². The lowest BCUT2D eigenvalue weighted by atomic mass is 9.43. The number of carbonyl (C=O) groups is 1. The molecule has 0 unspecified atom stereocenters. The maximum atomic E-state index is 14.0. The molecule has 5 N–H and O–H groups in total. The molecule has 8 nitrogen and oxygen atoms in total. The third kappa shape index (κ3) is 6.19. The van der Waals surface area contributed by atoms with Crippen LogP contribution >= 0.6 is 0 Å². The summed E-state index contributed by atoms with van der Waals surface area (Å²) in [6, 6.07) is 14.3. The van der Waals surface area contributed by atoms with Crippen LogP contribution in [0.5, 0.6) is 0 Å². The van der Waals surface area contributed by atoms with E-state index in [4.69, 9.17) is 14.7 Å². The molecule has 1 heterocycles. The van der Waals surface area contributed by atoms with Crippen molar-refractivity contribution in [2.24, 2.45) is 23.2 Å². The lowest BCUT2D eigenvalue weighted by Gasteiger charge is -2.64. The number of amides is 1. The summed E-state index contributed by atoms with van der Waals surface area (Å²) in [6.07, 6.45) is 4.49. The van der Waals surface area contributed by atoms with Crippen LogP contribution in [-0.2, 0) is 20.6 Å². The molecule has 42 heavy (non-hydrogen) atoms. The fraction of sp³-hybridized carbons (Fsp3) is 0.636. The molecule has 6 atom stereocenters. The highest BCUT2D eigenvalue weighted by Crippen LogP contribution is 2.65. The summed E-state index contributed by atoms with van der Waals surface area (Å²) >= 11 is 0. The molecule has 1 amide bonds. The van der Waals surface area contributed by atoms with E-state index in [1.54, 1.807) is 7.05 Å². The van der Waals surface area contributed by atoms with Gasteiger partial charge < -0.3 is 30.6 Å². The van der Waals surface area contributed by atoms with E-state index in [9.17, 15) is 4.79 Å². The quantitative estimate of drug-likeness (QED) is 0.109. The minimum Gasteiger partial charge on any atom is -0.404 e. The van der Waals surface area contributed by atoms with Gasteiger partial charge >= 0.3 is 7.12 Å². The van der Waals surface area contributed by atoms with Crippen molar-refractivity contribution < 1.29 is 14.1 Å². The zero-order valence-corrected chi connectivity index (χ0v) is 26.3. The predicted molar refractivity (Wildman–Crippen MR) is 170 cm³/mol. The smallest absolute Gasteiger partial charge is 0.404 e. The number of rotatable bonds is 12. The van der Waals surface area contributed by atoms with Crippen LogP contribution in [0, 0.1) is 28.6 Å². The van der Waals surface area contributed by atoms with Crippen molar-refractivity contribution in [3.05, 3.63) is 48.0 Å². The Kier molecular flexibility index (Phi) is 9.21. The summed E-state index contributed by atoms with van der Waals surface area (Å²) in [5.74, 6) is 1.57. The second-order valence-corrected chi connectivity index (χ2v) is 13.8. The minimum atomic E-state index is -0.446. The Balaban J connectivity index is 1.29. The summed E-state index contributed by atoms with van der Waals surface area (Å²) in [4.78, 5) is 14.0. The van der Waals surface area contributed by atoms with Crippen LogP contribution < -0.4 is 21.3 Å². The number of hydrogen-bond donors (Lipinski definition) is 5. The van der Waals surface area contributed by atoms with Crippen molar-refractivity contribution in [2.45, 2.75) is 97.0 Å². The van der Waals surface area contributed by atoms with Gasteiger partial charge in [-0.3, -0.25) is 10.2 Å². The van der Waals surface area contributed by atoms with Crippen LogP contribution in [0.25, 0.3) is 10.8 Å². The van der Waals surface area contributed by atoms with Crippen molar-refractivity contribution in [1.29, 1.82) is 5.41 Å². The van der Waals surface area contributed by atoms with Crippen molar-refractivity contribution in [3.63, 3.8) is 0 Å². The average Bonchev–Trinajstić information content (AvgIpc) is 3.33. The van der Waals surface area contributed by atoms with Gasteiger partial charge in [0, 0.05) is 20.1 Å². The Morgan fingerprint density at radius 1 is 1.12 bits per heavy atom. The number of hydrogen-bond acceptors (Lipinski definition) is 5. The van der Waals surface area contributed by atoms with Gasteiger partial charge in [0.05, 0.1) is 23.7 Å². The first-order valence-corrected chi connectivity index (χ1v) is 15.9. The van der Waals surface area contributed by atoms with E-state index in [1.165, 1.54) is 22.8 Å². The first-order chi connectivity index (χ1) is 20.0. The third-order valence-corrected chi connectivity index (χ3v) is 10.3. The van der Waals surface area contributed by atoms with Gasteiger partial charge in [-0.15, -0.1) is 0 Å². The highest BCUT2D eigenvalue weighted by Gasteiger charge is 2.68. The number of fused-ring (bicyclic) bond motifs is 1. The molecular weight excluding hydrogens is 525 g/mol. The monoisotopic (exact) mass is 575 g/mol. The third-order valence-electron chi connectivity index (χ3n) is 10.3. The van der Waals surface area contributed by atoms with E-state index in [0.29, 0.717) is 37.3 Å². The Labute approximate surface area is 252 Å². The summed E-state index contributed by atoms with van der Waals surface area (Å²) in [5, 5.41) is 23.0. The van der Waals surface area contributed by atoms with Gasteiger partial charge in [-0.2, -0.15) is 0 Å². The summed E-state index contributed by atoms with van der Waals surface area (Å²) in [6.45, 7) is 12.5. The SMILES string of the molecule is CNC(=N)NCCC[C@H](NCc1cccc2ccccc12)C(=O)N[C@@H](CC(C)C)B1O[C@@H]2C[C@@H]3C[C@@H](C3(C)C)[C@]2(C)O1. The standard InChI is InChI=1S/C33H50BN5O3/c1-21(2)17-29(34-41-28-19-24-18-27(32(24,3)4)33(28,5)42-34)39-30(40)26(15-10-16-37-31(35)36-6)38-20-23-13-9-12-22-11-7-8-14-25(22)23/h7-9,11-14,21,24,26-29,38H,10,15-20H2,1-6H3,(H,39,40)(H3,35,36,37)/t24-,26-,27-,28+,29-,33-/m0/s1. The van der Waals surface area contributed by atoms with Crippen molar-refractivity contribution in [2.75, 3.05) is 13.6 Å². The van der Waals surface area contributed by atoms with E-state index < -0.39 is 13.2 Å². The van der Waals surface area contributed by atoms with Gasteiger partial charge in [-0.05, 0) is 78.5 Å². The summed E-state index contributed by atoms with van der Waals surface area (Å²) in [7, 11) is 1.28. The first kappa shape index (κ1) is 30.8. The fourth-order valence-corrected chi connectivity index (χ4v) is 7.71. The molecule has 4 aliphatic rings. The molecule has 1 aliphatic heterocycles. The molecule has 6 rings (SSSR count). The Morgan fingerprint density at radius 2 is 1.88 bits per heavy atom. The van der Waals surface area contributed by atoms with Gasteiger partial charge in [0.2, 0.25) is 5.91 Å². The normalized spacial score (nSPS) is 27.2. The van der Waals surface area contributed by atoms with Crippen LogP contribution in [0.1, 0.15) is 72.3 Å². The maximum Gasteiger partial charge on any atom is 0.481 e. The molecule has 4 fully saturated rings. The predicted octanol–water partition coefficient (Wildman–Crippen LogP) is 4.62. The van der Waals surface area contributed by atoms with Crippen LogP contribution in [0.2, 0.25) is 0 Å². The van der Waals surface area contributed by atoms with Gasteiger partial charge in [0.1, 0.15) is 0 Å². The highest BCUT2D eigenvalue weighted by molar-refractivity contribution is 6.47. The Morgan fingerprint density at radius 3 is 2.62 bits per heavy atom. The van der Waals surface area contributed by atoms with E-state index in [1.807, 2.05) is 0 Å². The molecule has 228 valence electrons. The van der Waals surface area contributed by atoms with E-state index in [0.717, 1.165) is 19.3 Å². The first-order valence-electron chi connectivity index (χ1n) is 15.9. The van der Waals surface area contributed by atoms with Crippen LogP contribution in [0.3, 0.4) is 0 Å². The van der Waals surface area contributed by atoms with Gasteiger partial charge in [0.25, 0.3) is 0 Å². The van der Waals surface area contributed by atoms with Gasteiger partial charge in [0.15, 0.2) is 5.96 Å². The highest BCUT2D eigenvalue weighted by atomic mass is 16.7. The van der Waals surface area contributed by atoms with Gasteiger partial charge in [-0.25, -0.2) is 0 Å². The molecule has 2 aromatic rings. The molecule has 2 aromatic carbocycles. The minimum absolute atomic E-state index is 0.0265. The van der Waals surface area contributed by atoms with E-state index in [-0.39, 0.29) is 34.9 Å². The second-order valence-electron chi connectivity index (χ2n) is 13.8. The van der Waals surface area contributed by atoms with Crippen molar-refractivity contribution >= 4 is 29.8 Å². The van der Waals surface area contributed by atoms with Crippen molar-refractivity contribution in [3.8, 4) is 0 Å². The van der Waals surface area contributed by atoms with E-state index in [2.05, 4.69) is 98.4 Å². The number of benzene rings is 2. The molecular formula is C33H50BN5O3. The molecule has 2 bridgehead atoms. The van der Waals surface area contributed by atoms with Crippen LogP contribution in [0.15, 0.2) is 42.5 Å². The molecule has 9 heteroatoms.